The number of nitrogens with zero attached hydrogens (tertiary/aromatic N) is 1. The zero-order chi connectivity index (χ0) is 15.7. The Morgan fingerprint density at radius 3 is 2.68 bits per heavy atom. The van der Waals surface area contributed by atoms with Crippen LogP contribution in [0.1, 0.15) is 15.9 Å². The van der Waals surface area contributed by atoms with Gasteiger partial charge in [-0.05, 0) is 30.7 Å². The van der Waals surface area contributed by atoms with Crippen LogP contribution >= 0.6 is 11.6 Å². The quantitative estimate of drug-likeness (QED) is 0.753. The summed E-state index contributed by atoms with van der Waals surface area (Å²) in [5.74, 6) is -0.967. The Labute approximate surface area is 132 Å². The van der Waals surface area contributed by atoms with E-state index in [2.05, 4.69) is 10.2 Å². The molecular weight excluding hydrogens is 300 g/mol. The lowest BCUT2D eigenvalue weighted by atomic mass is 10.0. The average molecular weight is 313 g/mol. The van der Waals surface area contributed by atoms with Crippen molar-refractivity contribution in [2.24, 2.45) is 0 Å². The van der Waals surface area contributed by atoms with Crippen LogP contribution in [0.4, 0.5) is 0 Å². The van der Waals surface area contributed by atoms with Crippen molar-refractivity contribution in [2.45, 2.75) is 6.92 Å². The van der Waals surface area contributed by atoms with Crippen LogP contribution in [0.25, 0.3) is 22.5 Å². The fraction of sp³-hybridized carbons (Fsp3) is 0.0588. The largest absolute Gasteiger partial charge is 0.478 e. The number of aromatic amines is 1. The third kappa shape index (κ3) is 2.61. The molecule has 0 bridgehead atoms. The van der Waals surface area contributed by atoms with Gasteiger partial charge in [-0.25, -0.2) is 4.79 Å². The third-order valence-corrected chi connectivity index (χ3v) is 3.90. The Hall–Kier alpha value is -2.59. The number of H-pyrrole nitrogens is 1. The van der Waals surface area contributed by atoms with Gasteiger partial charge < -0.3 is 5.11 Å². The molecule has 1 heterocycles. The summed E-state index contributed by atoms with van der Waals surface area (Å²) in [4.78, 5) is 11.3. The van der Waals surface area contributed by atoms with E-state index in [0.29, 0.717) is 16.3 Å². The van der Waals surface area contributed by atoms with Gasteiger partial charge in [0.1, 0.15) is 0 Å². The number of hydrogen-bond acceptors (Lipinski definition) is 2. The van der Waals surface area contributed by atoms with Gasteiger partial charge in [0.2, 0.25) is 0 Å². The van der Waals surface area contributed by atoms with Crippen molar-refractivity contribution in [3.8, 4) is 22.5 Å². The van der Waals surface area contributed by atoms with Crippen LogP contribution in [0.5, 0.6) is 0 Å². The lowest BCUT2D eigenvalue weighted by molar-refractivity contribution is 0.0697. The van der Waals surface area contributed by atoms with Crippen LogP contribution in [-0.2, 0) is 0 Å². The number of carbonyl (C=O) groups is 1. The SMILES string of the molecule is Cc1ccc(-c2cc(-c3ccccc3C(=O)O)[nH]n2)cc1Cl. The van der Waals surface area contributed by atoms with Crippen LogP contribution in [0.3, 0.4) is 0 Å². The number of benzene rings is 2. The summed E-state index contributed by atoms with van der Waals surface area (Å²) in [5.41, 5.74) is 4.09. The molecule has 2 aromatic carbocycles. The fourth-order valence-electron chi connectivity index (χ4n) is 2.26. The lowest BCUT2D eigenvalue weighted by Gasteiger charge is -2.02. The third-order valence-electron chi connectivity index (χ3n) is 3.49. The minimum Gasteiger partial charge on any atom is -0.478 e. The Morgan fingerprint density at radius 1 is 1.18 bits per heavy atom. The molecule has 0 saturated heterocycles. The normalized spacial score (nSPS) is 10.6. The molecule has 3 rings (SSSR count). The standard InChI is InChI=1S/C17H13ClN2O2/c1-10-6-7-11(8-14(10)18)15-9-16(20-19-15)12-4-2-3-5-13(12)17(21)22/h2-9H,1H3,(H,19,20)(H,21,22). The van der Waals surface area contributed by atoms with E-state index in [1.165, 1.54) is 0 Å². The molecule has 0 spiro atoms. The van der Waals surface area contributed by atoms with Crippen molar-refractivity contribution < 1.29 is 9.90 Å². The molecule has 0 unspecified atom stereocenters. The number of halogens is 1. The monoisotopic (exact) mass is 312 g/mol. The van der Waals surface area contributed by atoms with Gasteiger partial charge in [0, 0.05) is 16.1 Å². The Balaban J connectivity index is 2.04. The molecule has 0 aliphatic heterocycles. The molecule has 22 heavy (non-hydrogen) atoms. The minimum absolute atomic E-state index is 0.236. The molecule has 0 radical (unpaired) electrons. The number of aryl methyl sites for hydroxylation is 1. The van der Waals surface area contributed by atoms with E-state index < -0.39 is 5.97 Å². The summed E-state index contributed by atoms with van der Waals surface area (Å²) in [5, 5.41) is 17.1. The summed E-state index contributed by atoms with van der Waals surface area (Å²) < 4.78 is 0. The molecule has 0 saturated carbocycles. The first-order valence-corrected chi connectivity index (χ1v) is 7.08. The highest BCUT2D eigenvalue weighted by molar-refractivity contribution is 6.31. The first kappa shape index (κ1) is 14.4. The Kier molecular flexibility index (Phi) is 3.69. The van der Waals surface area contributed by atoms with Crippen molar-refractivity contribution in [1.82, 2.24) is 10.2 Å². The molecule has 0 atom stereocenters. The molecule has 4 nitrogen and oxygen atoms in total. The van der Waals surface area contributed by atoms with Crippen LogP contribution in [0, 0.1) is 6.92 Å². The number of carboxylic acid groups (broad SMARTS) is 1. The Bertz CT molecular complexity index is 855. The van der Waals surface area contributed by atoms with Crippen molar-refractivity contribution in [2.75, 3.05) is 0 Å². The smallest absolute Gasteiger partial charge is 0.336 e. The minimum atomic E-state index is -0.967. The summed E-state index contributed by atoms with van der Waals surface area (Å²) in [6, 6.07) is 14.4. The number of rotatable bonds is 3. The van der Waals surface area contributed by atoms with Gasteiger partial charge >= 0.3 is 5.97 Å². The number of aromatic nitrogens is 2. The first-order valence-electron chi connectivity index (χ1n) is 6.71. The van der Waals surface area contributed by atoms with Crippen LogP contribution < -0.4 is 0 Å². The highest BCUT2D eigenvalue weighted by atomic mass is 35.5. The van der Waals surface area contributed by atoms with Crippen LogP contribution in [0.2, 0.25) is 5.02 Å². The topological polar surface area (TPSA) is 66.0 Å². The fourth-order valence-corrected chi connectivity index (χ4v) is 2.44. The summed E-state index contributed by atoms with van der Waals surface area (Å²) in [6.45, 7) is 1.94. The van der Waals surface area contributed by atoms with Gasteiger partial charge in [-0.2, -0.15) is 5.10 Å². The van der Waals surface area contributed by atoms with Gasteiger partial charge in [-0.3, -0.25) is 5.10 Å². The van der Waals surface area contributed by atoms with Crippen molar-refractivity contribution in [1.29, 1.82) is 0 Å². The van der Waals surface area contributed by atoms with E-state index in [9.17, 15) is 9.90 Å². The number of hydrogen-bond donors (Lipinski definition) is 2. The molecule has 3 aromatic rings. The molecule has 0 fully saturated rings. The lowest BCUT2D eigenvalue weighted by Crippen LogP contribution is -1.98. The molecule has 0 amide bonds. The van der Waals surface area contributed by atoms with Gasteiger partial charge in [-0.15, -0.1) is 0 Å². The zero-order valence-corrected chi connectivity index (χ0v) is 12.6. The maximum atomic E-state index is 11.3. The van der Waals surface area contributed by atoms with Crippen LogP contribution in [-0.4, -0.2) is 21.3 Å². The van der Waals surface area contributed by atoms with Crippen molar-refractivity contribution in [3.05, 3.63) is 64.7 Å². The van der Waals surface area contributed by atoms with Gasteiger partial charge in [-0.1, -0.05) is 41.9 Å². The zero-order valence-electron chi connectivity index (χ0n) is 11.8. The number of aromatic carboxylic acids is 1. The Morgan fingerprint density at radius 2 is 1.95 bits per heavy atom. The second-order valence-corrected chi connectivity index (χ2v) is 5.39. The second-order valence-electron chi connectivity index (χ2n) is 4.98. The maximum absolute atomic E-state index is 11.3. The van der Waals surface area contributed by atoms with E-state index in [-0.39, 0.29) is 5.56 Å². The predicted molar refractivity (Wildman–Crippen MR) is 86.2 cm³/mol. The first-order chi connectivity index (χ1) is 10.6. The molecule has 0 aliphatic carbocycles. The van der Waals surface area contributed by atoms with Gasteiger partial charge in [0.15, 0.2) is 0 Å². The molecular formula is C17H13ClN2O2. The van der Waals surface area contributed by atoms with E-state index >= 15 is 0 Å². The van der Waals surface area contributed by atoms with Gasteiger partial charge in [0.25, 0.3) is 0 Å². The van der Waals surface area contributed by atoms with Crippen molar-refractivity contribution in [3.63, 3.8) is 0 Å². The van der Waals surface area contributed by atoms with E-state index in [1.807, 2.05) is 31.2 Å². The molecule has 0 aliphatic rings. The van der Waals surface area contributed by atoms with Crippen LogP contribution in [0.15, 0.2) is 48.5 Å². The van der Waals surface area contributed by atoms with E-state index in [0.717, 1.165) is 16.8 Å². The van der Waals surface area contributed by atoms with E-state index in [4.69, 9.17) is 11.6 Å². The molecule has 110 valence electrons. The average Bonchev–Trinajstić information content (AvgIpc) is 3.00. The van der Waals surface area contributed by atoms with E-state index in [1.54, 1.807) is 24.3 Å². The summed E-state index contributed by atoms with van der Waals surface area (Å²) >= 11 is 6.14. The molecule has 1 aromatic heterocycles. The summed E-state index contributed by atoms with van der Waals surface area (Å²) in [7, 11) is 0. The summed E-state index contributed by atoms with van der Waals surface area (Å²) in [6.07, 6.45) is 0. The number of carboxylic acids is 1. The highest BCUT2D eigenvalue weighted by Gasteiger charge is 2.13. The number of nitrogens with one attached hydrogen (secondary N) is 1. The van der Waals surface area contributed by atoms with Crippen molar-refractivity contribution >= 4 is 17.6 Å². The molecule has 5 heteroatoms. The predicted octanol–water partition coefficient (Wildman–Crippen LogP) is 4.40. The highest BCUT2D eigenvalue weighted by Crippen LogP contribution is 2.28. The molecule has 2 N–H and O–H groups in total. The van der Waals surface area contributed by atoms with Gasteiger partial charge in [0.05, 0.1) is 17.0 Å². The second kappa shape index (κ2) is 5.66. The maximum Gasteiger partial charge on any atom is 0.336 e.